The molecule has 5 nitrogen and oxygen atoms in total. The van der Waals surface area contributed by atoms with Crippen molar-refractivity contribution in [3.63, 3.8) is 0 Å². The Bertz CT molecular complexity index is 805. The SMILES string of the molecule is CCN(C[C@@H]1CCCN(CCc2cccc(F)c2)C1)C(=O)c1cc(C(C)C)no1. The number of carbonyl (C=O) groups is 1. The van der Waals surface area contributed by atoms with Crippen LogP contribution >= 0.6 is 0 Å². The molecule has 1 aliphatic heterocycles. The molecule has 1 aliphatic rings. The van der Waals surface area contributed by atoms with Crippen LogP contribution in [0, 0.1) is 11.7 Å². The van der Waals surface area contributed by atoms with E-state index in [9.17, 15) is 9.18 Å². The van der Waals surface area contributed by atoms with Crippen molar-refractivity contribution in [3.8, 4) is 0 Å². The lowest BCUT2D eigenvalue weighted by atomic mass is 9.96. The first-order valence-electron chi connectivity index (χ1n) is 10.7. The lowest BCUT2D eigenvalue weighted by Crippen LogP contribution is -2.43. The van der Waals surface area contributed by atoms with Crippen molar-refractivity contribution in [2.24, 2.45) is 5.92 Å². The Balaban J connectivity index is 1.54. The molecular formula is C23H32FN3O2. The summed E-state index contributed by atoms with van der Waals surface area (Å²) in [5.41, 5.74) is 1.84. The molecule has 0 aliphatic carbocycles. The predicted molar refractivity (Wildman–Crippen MR) is 111 cm³/mol. The molecule has 2 aromatic rings. The zero-order chi connectivity index (χ0) is 20.8. The molecule has 0 saturated carbocycles. The molecule has 0 radical (unpaired) electrons. The number of amides is 1. The van der Waals surface area contributed by atoms with Gasteiger partial charge in [-0.2, -0.15) is 0 Å². The van der Waals surface area contributed by atoms with Gasteiger partial charge < -0.3 is 14.3 Å². The van der Waals surface area contributed by atoms with E-state index in [1.54, 1.807) is 18.2 Å². The molecule has 1 amide bonds. The third-order valence-corrected chi connectivity index (χ3v) is 5.69. The van der Waals surface area contributed by atoms with E-state index in [1.165, 1.54) is 6.07 Å². The fraction of sp³-hybridized carbons (Fsp3) is 0.565. The van der Waals surface area contributed by atoms with Crippen LogP contribution in [0.3, 0.4) is 0 Å². The third-order valence-electron chi connectivity index (χ3n) is 5.69. The number of piperidine rings is 1. The van der Waals surface area contributed by atoms with Crippen molar-refractivity contribution in [1.82, 2.24) is 15.0 Å². The van der Waals surface area contributed by atoms with Gasteiger partial charge in [-0.25, -0.2) is 4.39 Å². The highest BCUT2D eigenvalue weighted by molar-refractivity contribution is 5.91. The number of halogens is 1. The van der Waals surface area contributed by atoms with E-state index >= 15 is 0 Å². The standard InChI is InChI=1S/C23H32FN3O2/c1-4-27(23(28)22-14-21(17(2)3)25-29-22)16-19-8-6-11-26(15-19)12-10-18-7-5-9-20(24)13-18/h5,7,9,13-14,17,19H,4,6,8,10-12,15-16H2,1-3H3/t19-/m1/s1. The van der Waals surface area contributed by atoms with E-state index in [0.717, 1.165) is 56.7 Å². The van der Waals surface area contributed by atoms with Crippen molar-refractivity contribution >= 4 is 5.91 Å². The summed E-state index contributed by atoms with van der Waals surface area (Å²) in [4.78, 5) is 17.2. The van der Waals surface area contributed by atoms with Gasteiger partial charge in [0.15, 0.2) is 0 Å². The second kappa shape index (κ2) is 10.0. The molecule has 0 spiro atoms. The number of rotatable bonds is 8. The van der Waals surface area contributed by atoms with Crippen molar-refractivity contribution < 1.29 is 13.7 Å². The summed E-state index contributed by atoms with van der Waals surface area (Å²) in [6.45, 7) is 10.4. The molecule has 3 rings (SSSR count). The van der Waals surface area contributed by atoms with Gasteiger partial charge in [-0.1, -0.05) is 31.1 Å². The van der Waals surface area contributed by atoms with E-state index in [0.29, 0.717) is 18.2 Å². The Hall–Kier alpha value is -2.21. The monoisotopic (exact) mass is 401 g/mol. The second-order valence-corrected chi connectivity index (χ2v) is 8.30. The summed E-state index contributed by atoms with van der Waals surface area (Å²) in [5, 5.41) is 4.01. The number of nitrogens with zero attached hydrogens (tertiary/aromatic N) is 3. The lowest BCUT2D eigenvalue weighted by Gasteiger charge is -2.35. The number of likely N-dealkylation sites (tertiary alicyclic amines) is 1. The van der Waals surface area contributed by atoms with E-state index in [4.69, 9.17) is 4.52 Å². The quantitative estimate of drug-likeness (QED) is 0.660. The van der Waals surface area contributed by atoms with E-state index in [2.05, 4.69) is 10.1 Å². The van der Waals surface area contributed by atoms with Gasteiger partial charge in [0.05, 0.1) is 5.69 Å². The molecule has 0 N–H and O–H groups in total. The Labute approximate surface area is 172 Å². The van der Waals surface area contributed by atoms with Crippen molar-refractivity contribution in [2.45, 2.75) is 46.0 Å². The Morgan fingerprint density at radius 1 is 1.38 bits per heavy atom. The van der Waals surface area contributed by atoms with E-state index in [-0.39, 0.29) is 17.6 Å². The largest absolute Gasteiger partial charge is 0.351 e. The van der Waals surface area contributed by atoms with Crippen LogP contribution in [0.25, 0.3) is 0 Å². The minimum Gasteiger partial charge on any atom is -0.351 e. The molecule has 6 heteroatoms. The van der Waals surface area contributed by atoms with Crippen LogP contribution in [0.5, 0.6) is 0 Å². The smallest absolute Gasteiger partial charge is 0.292 e. The zero-order valence-corrected chi connectivity index (χ0v) is 17.7. The van der Waals surface area contributed by atoms with Crippen LogP contribution in [0.4, 0.5) is 4.39 Å². The van der Waals surface area contributed by atoms with Crippen LogP contribution < -0.4 is 0 Å². The maximum absolute atomic E-state index is 13.4. The van der Waals surface area contributed by atoms with Crippen LogP contribution in [0.1, 0.15) is 61.3 Å². The Morgan fingerprint density at radius 2 is 2.21 bits per heavy atom. The van der Waals surface area contributed by atoms with Gasteiger partial charge in [0.2, 0.25) is 5.76 Å². The van der Waals surface area contributed by atoms with Gasteiger partial charge in [-0.15, -0.1) is 0 Å². The van der Waals surface area contributed by atoms with Gasteiger partial charge in [-0.3, -0.25) is 4.79 Å². The number of hydrogen-bond donors (Lipinski definition) is 0. The van der Waals surface area contributed by atoms with Crippen molar-refractivity contribution in [1.29, 1.82) is 0 Å². The lowest BCUT2D eigenvalue weighted by molar-refractivity contribution is 0.0650. The summed E-state index contributed by atoms with van der Waals surface area (Å²) in [6, 6.07) is 8.60. The fourth-order valence-corrected chi connectivity index (χ4v) is 3.97. The van der Waals surface area contributed by atoms with Gasteiger partial charge in [0, 0.05) is 32.2 Å². The second-order valence-electron chi connectivity index (χ2n) is 8.30. The number of carbonyl (C=O) groups excluding carboxylic acids is 1. The summed E-state index contributed by atoms with van der Waals surface area (Å²) in [7, 11) is 0. The average Bonchev–Trinajstić information content (AvgIpc) is 3.21. The highest BCUT2D eigenvalue weighted by Crippen LogP contribution is 2.20. The first-order valence-corrected chi connectivity index (χ1v) is 10.7. The molecule has 0 bridgehead atoms. The van der Waals surface area contributed by atoms with Crippen molar-refractivity contribution in [3.05, 3.63) is 53.2 Å². The molecule has 1 aromatic heterocycles. The zero-order valence-electron chi connectivity index (χ0n) is 17.7. The summed E-state index contributed by atoms with van der Waals surface area (Å²) in [6.07, 6.45) is 3.09. The molecule has 158 valence electrons. The van der Waals surface area contributed by atoms with Gasteiger partial charge in [0.1, 0.15) is 5.82 Å². The maximum Gasteiger partial charge on any atom is 0.292 e. The molecular weight excluding hydrogens is 369 g/mol. The van der Waals surface area contributed by atoms with Crippen molar-refractivity contribution in [2.75, 3.05) is 32.7 Å². The first-order chi connectivity index (χ1) is 14.0. The maximum atomic E-state index is 13.4. The topological polar surface area (TPSA) is 49.6 Å². The average molecular weight is 402 g/mol. The van der Waals surface area contributed by atoms with Gasteiger partial charge in [-0.05, 0) is 62.3 Å². The molecule has 2 heterocycles. The number of benzene rings is 1. The summed E-state index contributed by atoms with van der Waals surface area (Å²) < 4.78 is 18.7. The first kappa shape index (κ1) is 21.5. The molecule has 29 heavy (non-hydrogen) atoms. The van der Waals surface area contributed by atoms with Crippen LogP contribution in [0.2, 0.25) is 0 Å². The Morgan fingerprint density at radius 3 is 2.90 bits per heavy atom. The normalized spacial score (nSPS) is 17.6. The van der Waals surface area contributed by atoms with Crippen LogP contribution in [0.15, 0.2) is 34.9 Å². The minimum absolute atomic E-state index is 0.0798. The number of aromatic nitrogens is 1. The predicted octanol–water partition coefficient (Wildman–Crippen LogP) is 4.35. The molecule has 1 saturated heterocycles. The fourth-order valence-electron chi connectivity index (χ4n) is 3.97. The van der Waals surface area contributed by atoms with E-state index < -0.39 is 0 Å². The molecule has 1 atom stereocenters. The minimum atomic E-state index is -0.177. The van der Waals surface area contributed by atoms with Crippen LogP contribution in [-0.4, -0.2) is 53.6 Å². The molecule has 1 aromatic carbocycles. The van der Waals surface area contributed by atoms with E-state index in [1.807, 2.05) is 31.7 Å². The highest BCUT2D eigenvalue weighted by atomic mass is 19.1. The molecule has 0 unspecified atom stereocenters. The highest BCUT2D eigenvalue weighted by Gasteiger charge is 2.26. The number of hydrogen-bond acceptors (Lipinski definition) is 4. The Kier molecular flexibility index (Phi) is 7.42. The van der Waals surface area contributed by atoms with Gasteiger partial charge in [0.25, 0.3) is 5.91 Å². The van der Waals surface area contributed by atoms with Gasteiger partial charge >= 0.3 is 0 Å². The van der Waals surface area contributed by atoms with Crippen LogP contribution in [-0.2, 0) is 6.42 Å². The third kappa shape index (κ3) is 5.89. The summed E-state index contributed by atoms with van der Waals surface area (Å²) in [5.74, 6) is 0.746. The molecule has 1 fully saturated rings. The summed E-state index contributed by atoms with van der Waals surface area (Å²) >= 11 is 0.